The monoisotopic (exact) mass is 355 g/mol. The predicted molar refractivity (Wildman–Crippen MR) is 95.0 cm³/mol. The Bertz CT molecular complexity index is 879. The molecule has 26 heavy (non-hydrogen) atoms. The van der Waals surface area contributed by atoms with Crippen molar-refractivity contribution in [2.45, 2.75) is 37.4 Å². The molecule has 0 aromatic carbocycles. The topological polar surface area (TPSA) is 99.5 Å². The molecule has 3 saturated heterocycles. The fraction of sp³-hybridized carbons (Fsp3) is 0.500. The molecule has 0 aliphatic carbocycles. The zero-order chi connectivity index (χ0) is 17.7. The van der Waals surface area contributed by atoms with Crippen molar-refractivity contribution in [2.24, 2.45) is 0 Å². The molecule has 0 radical (unpaired) electrons. The van der Waals surface area contributed by atoms with E-state index >= 15 is 0 Å². The fourth-order valence-electron chi connectivity index (χ4n) is 4.34. The van der Waals surface area contributed by atoms with Crippen molar-refractivity contribution in [1.82, 2.24) is 20.9 Å². The summed E-state index contributed by atoms with van der Waals surface area (Å²) >= 11 is 0. The van der Waals surface area contributed by atoms with Crippen LogP contribution in [0.15, 0.2) is 22.9 Å². The first-order valence-corrected chi connectivity index (χ1v) is 9.14. The maximum atomic E-state index is 12.7. The summed E-state index contributed by atoms with van der Waals surface area (Å²) < 4.78 is 5.54. The minimum Gasteiger partial charge on any atom is -0.460 e. The Morgan fingerprint density at radius 2 is 2.31 bits per heavy atom. The van der Waals surface area contributed by atoms with Crippen molar-refractivity contribution >= 4 is 28.5 Å². The van der Waals surface area contributed by atoms with Gasteiger partial charge in [-0.05, 0) is 25.3 Å². The number of aromatic nitrogens is 1. The Morgan fingerprint density at radius 3 is 3.08 bits per heavy atom. The molecule has 3 aliphatic rings. The number of anilines is 1. The molecule has 2 amide bonds. The van der Waals surface area contributed by atoms with Crippen LogP contribution in [0.2, 0.25) is 0 Å². The second-order valence-corrected chi connectivity index (χ2v) is 7.27. The summed E-state index contributed by atoms with van der Waals surface area (Å²) in [5, 5.41) is 10.4. The number of furan rings is 1. The smallest absolute Gasteiger partial charge is 0.270 e. The van der Waals surface area contributed by atoms with Gasteiger partial charge in [0.15, 0.2) is 5.58 Å². The number of carbonyl (C=O) groups excluding carboxylic acids is 2. The average molecular weight is 355 g/mol. The second-order valence-electron chi connectivity index (χ2n) is 7.27. The first-order valence-electron chi connectivity index (χ1n) is 9.14. The minimum atomic E-state index is -0.176. The molecule has 136 valence electrons. The maximum Gasteiger partial charge on any atom is 0.270 e. The largest absolute Gasteiger partial charge is 0.460 e. The van der Waals surface area contributed by atoms with Crippen molar-refractivity contribution in [1.29, 1.82) is 0 Å². The van der Waals surface area contributed by atoms with E-state index in [0.29, 0.717) is 42.1 Å². The van der Waals surface area contributed by atoms with Gasteiger partial charge in [0.25, 0.3) is 5.91 Å². The van der Waals surface area contributed by atoms with Gasteiger partial charge in [-0.25, -0.2) is 4.98 Å². The highest BCUT2D eigenvalue weighted by molar-refractivity contribution is 6.05. The molecule has 5 rings (SSSR count). The Balaban J connectivity index is 1.41. The molecule has 2 aromatic rings. The van der Waals surface area contributed by atoms with Crippen molar-refractivity contribution in [3.8, 4) is 0 Å². The first kappa shape index (κ1) is 15.8. The molecule has 5 heterocycles. The van der Waals surface area contributed by atoms with E-state index in [0.717, 1.165) is 24.8 Å². The highest BCUT2D eigenvalue weighted by Crippen LogP contribution is 2.31. The highest BCUT2D eigenvalue weighted by Gasteiger charge is 2.39. The highest BCUT2D eigenvalue weighted by atomic mass is 16.3. The SMILES string of the molecule is O=C(N[C@@H]1C[C@H]2CC[C@@H]1N2)c1cc2c(N3CCNCC3=O)coc2cn1. The number of carbonyl (C=O) groups is 2. The van der Waals surface area contributed by atoms with Crippen LogP contribution < -0.4 is 20.9 Å². The number of amides is 2. The molecule has 3 fully saturated rings. The third-order valence-electron chi connectivity index (χ3n) is 5.67. The van der Waals surface area contributed by atoms with Crippen molar-refractivity contribution < 1.29 is 14.0 Å². The lowest BCUT2D eigenvalue weighted by atomic mass is 9.95. The lowest BCUT2D eigenvalue weighted by molar-refractivity contribution is -0.118. The normalized spacial score (nSPS) is 28.1. The van der Waals surface area contributed by atoms with Crippen LogP contribution in [-0.2, 0) is 4.79 Å². The number of nitrogens with zero attached hydrogens (tertiary/aromatic N) is 2. The van der Waals surface area contributed by atoms with E-state index in [-0.39, 0.29) is 17.9 Å². The number of hydrogen-bond donors (Lipinski definition) is 3. The van der Waals surface area contributed by atoms with Crippen molar-refractivity contribution in [3.05, 3.63) is 24.2 Å². The van der Waals surface area contributed by atoms with Gasteiger partial charge in [-0.1, -0.05) is 0 Å². The molecule has 3 atom stereocenters. The van der Waals surface area contributed by atoms with Gasteiger partial charge in [0.1, 0.15) is 12.0 Å². The molecule has 0 saturated carbocycles. The van der Waals surface area contributed by atoms with Crippen LogP contribution >= 0.6 is 0 Å². The van der Waals surface area contributed by atoms with Crippen molar-refractivity contribution in [3.63, 3.8) is 0 Å². The number of pyridine rings is 1. The van der Waals surface area contributed by atoms with Crippen LogP contribution in [0.4, 0.5) is 5.69 Å². The molecule has 3 aliphatic heterocycles. The first-order chi connectivity index (χ1) is 12.7. The minimum absolute atomic E-state index is 0.00480. The quantitative estimate of drug-likeness (QED) is 0.736. The number of rotatable bonds is 3. The van der Waals surface area contributed by atoms with Gasteiger partial charge in [-0.3, -0.25) is 9.59 Å². The number of hydrogen-bond acceptors (Lipinski definition) is 6. The summed E-state index contributed by atoms with van der Waals surface area (Å²) in [4.78, 5) is 30.8. The van der Waals surface area contributed by atoms with E-state index < -0.39 is 0 Å². The van der Waals surface area contributed by atoms with Crippen LogP contribution in [0.1, 0.15) is 29.8 Å². The van der Waals surface area contributed by atoms with Gasteiger partial charge in [-0.15, -0.1) is 0 Å². The molecular weight excluding hydrogens is 334 g/mol. The second kappa shape index (κ2) is 6.07. The van der Waals surface area contributed by atoms with Crippen LogP contribution in [0.25, 0.3) is 11.0 Å². The zero-order valence-electron chi connectivity index (χ0n) is 14.3. The summed E-state index contributed by atoms with van der Waals surface area (Å²) in [6, 6.07) is 2.78. The van der Waals surface area contributed by atoms with Gasteiger partial charge < -0.3 is 25.3 Å². The summed E-state index contributed by atoms with van der Waals surface area (Å²) in [6.07, 6.45) is 6.40. The van der Waals surface area contributed by atoms with Gasteiger partial charge in [0.2, 0.25) is 5.91 Å². The van der Waals surface area contributed by atoms with E-state index in [1.165, 1.54) is 6.42 Å². The lowest BCUT2D eigenvalue weighted by Gasteiger charge is -2.26. The molecule has 8 heteroatoms. The summed E-state index contributed by atoms with van der Waals surface area (Å²) in [6.45, 7) is 1.62. The zero-order valence-corrected chi connectivity index (χ0v) is 14.3. The van der Waals surface area contributed by atoms with E-state index in [9.17, 15) is 9.59 Å². The number of nitrogens with one attached hydrogen (secondary N) is 3. The molecule has 3 N–H and O–H groups in total. The number of piperazine rings is 1. The Hall–Kier alpha value is -2.45. The lowest BCUT2D eigenvalue weighted by Crippen LogP contribution is -2.48. The molecular formula is C18H21N5O3. The Labute approximate surface area is 150 Å². The van der Waals surface area contributed by atoms with Crippen LogP contribution in [0.5, 0.6) is 0 Å². The van der Waals surface area contributed by atoms with Crippen LogP contribution in [0.3, 0.4) is 0 Å². The van der Waals surface area contributed by atoms with E-state index in [1.807, 2.05) is 0 Å². The molecule has 0 spiro atoms. The van der Waals surface area contributed by atoms with Crippen molar-refractivity contribution in [2.75, 3.05) is 24.5 Å². The van der Waals surface area contributed by atoms with E-state index in [1.54, 1.807) is 23.4 Å². The van der Waals surface area contributed by atoms with Gasteiger partial charge in [0, 0.05) is 36.6 Å². The fourth-order valence-corrected chi connectivity index (χ4v) is 4.34. The molecule has 2 aromatic heterocycles. The predicted octanol–water partition coefficient (Wildman–Crippen LogP) is 0.387. The third-order valence-corrected chi connectivity index (χ3v) is 5.67. The molecule has 8 nitrogen and oxygen atoms in total. The number of fused-ring (bicyclic) bond motifs is 3. The average Bonchev–Trinajstić information content (AvgIpc) is 3.37. The standard InChI is InChI=1S/C18H21N5O3/c24-17-8-19-3-4-23(17)15-9-26-16-7-20-14(6-11(15)16)18(25)22-13-5-10-1-2-12(13)21-10/h6-7,9-10,12-13,19,21H,1-5,8H2,(H,22,25)/t10-,12+,13-/m1/s1. The summed E-state index contributed by atoms with van der Waals surface area (Å²) in [7, 11) is 0. The van der Waals surface area contributed by atoms with Gasteiger partial charge in [-0.2, -0.15) is 0 Å². The Kier molecular flexibility index (Phi) is 3.68. The van der Waals surface area contributed by atoms with Gasteiger partial charge in [0.05, 0.1) is 18.4 Å². The summed E-state index contributed by atoms with van der Waals surface area (Å²) in [5.74, 6) is -0.181. The van der Waals surface area contributed by atoms with Crippen LogP contribution in [0, 0.1) is 0 Å². The Morgan fingerprint density at radius 1 is 1.38 bits per heavy atom. The van der Waals surface area contributed by atoms with Gasteiger partial charge >= 0.3 is 0 Å². The molecule has 2 bridgehead atoms. The summed E-state index contributed by atoms with van der Waals surface area (Å²) in [5.41, 5.74) is 1.62. The third kappa shape index (κ3) is 2.57. The van der Waals surface area contributed by atoms with E-state index in [4.69, 9.17) is 4.42 Å². The van der Waals surface area contributed by atoms with E-state index in [2.05, 4.69) is 20.9 Å². The maximum absolute atomic E-state index is 12.7. The molecule has 0 unspecified atom stereocenters. The van der Waals surface area contributed by atoms with Crippen LogP contribution in [-0.4, -0.2) is 54.6 Å².